The van der Waals surface area contributed by atoms with E-state index in [0.717, 1.165) is 0 Å². The van der Waals surface area contributed by atoms with Gasteiger partial charge >= 0.3 is 5.70 Å². The molecule has 1 heterocycles. The Morgan fingerprint density at radius 2 is 2.17 bits per heavy atom. The summed E-state index contributed by atoms with van der Waals surface area (Å²) in [5.74, 6) is -0.443. The molecule has 1 aliphatic carbocycles. The lowest BCUT2D eigenvalue weighted by molar-refractivity contribution is -0.433. The van der Waals surface area contributed by atoms with Crippen LogP contribution in [0.5, 0.6) is 5.75 Å². The fourth-order valence-electron chi connectivity index (χ4n) is 3.09. The number of benzene rings is 1. The first-order chi connectivity index (χ1) is 11.0. The Hall–Kier alpha value is -2.83. The third kappa shape index (κ3) is 2.54. The number of nitrogens with two attached hydrogens (primary N) is 1. The van der Waals surface area contributed by atoms with E-state index in [1.807, 2.05) is 0 Å². The van der Waals surface area contributed by atoms with Gasteiger partial charge in [-0.15, -0.1) is 0 Å². The van der Waals surface area contributed by atoms with E-state index in [2.05, 4.69) is 0 Å². The van der Waals surface area contributed by atoms with E-state index in [-0.39, 0.29) is 23.1 Å². The highest BCUT2D eigenvalue weighted by atomic mass is 16.6. The lowest BCUT2D eigenvalue weighted by Gasteiger charge is -2.29. The van der Waals surface area contributed by atoms with Crippen molar-refractivity contribution < 1.29 is 19.2 Å². The number of Topliss-reactive ketones (excluding diaryl/α,β-unsaturated/α-hetero) is 1. The minimum Gasteiger partial charge on any atom is -0.497 e. The summed E-state index contributed by atoms with van der Waals surface area (Å²) in [4.78, 5) is 23.1. The maximum Gasteiger partial charge on any atom is 0.316 e. The highest BCUT2D eigenvalue weighted by Gasteiger charge is 2.43. The summed E-state index contributed by atoms with van der Waals surface area (Å²) < 4.78 is 10.5. The molecule has 2 aliphatic rings. The van der Waals surface area contributed by atoms with Crippen LogP contribution in [0, 0.1) is 10.1 Å². The average molecular weight is 316 g/mol. The standard InChI is InChI=1S/C16H16N2O5/c1-22-10-5-2-4-9(8-10)13-11-6-3-7-12(19)15(11)23-16(17)14(13)18(20)21/h2,4-5,8,13H,3,6-7,17H2,1H3/t13-/m0/s1. The summed E-state index contributed by atoms with van der Waals surface area (Å²) >= 11 is 0. The zero-order valence-electron chi connectivity index (χ0n) is 12.6. The van der Waals surface area contributed by atoms with E-state index >= 15 is 0 Å². The molecule has 0 aromatic heterocycles. The van der Waals surface area contributed by atoms with Crippen LogP contribution in [0.1, 0.15) is 30.7 Å². The lowest BCUT2D eigenvalue weighted by atomic mass is 9.80. The van der Waals surface area contributed by atoms with Crippen molar-refractivity contribution in [2.75, 3.05) is 7.11 Å². The van der Waals surface area contributed by atoms with Crippen LogP contribution >= 0.6 is 0 Å². The monoisotopic (exact) mass is 316 g/mol. The molecule has 1 aromatic carbocycles. The second-order valence-corrected chi connectivity index (χ2v) is 5.45. The van der Waals surface area contributed by atoms with Crippen LogP contribution in [0.3, 0.4) is 0 Å². The number of methoxy groups -OCH3 is 1. The number of ketones is 1. The van der Waals surface area contributed by atoms with Crippen LogP contribution in [0.25, 0.3) is 0 Å². The molecule has 7 heteroatoms. The molecule has 1 aliphatic heterocycles. The minimum absolute atomic E-state index is 0.159. The predicted octanol–water partition coefficient (Wildman–Crippen LogP) is 2.22. The van der Waals surface area contributed by atoms with Crippen molar-refractivity contribution in [3.05, 3.63) is 62.9 Å². The SMILES string of the molecule is COc1cccc([C@H]2C3=C(OC(N)=C2[N+](=O)[O-])C(=O)CCC3)c1. The first-order valence-corrected chi connectivity index (χ1v) is 7.25. The number of hydrogen-bond acceptors (Lipinski definition) is 6. The number of rotatable bonds is 3. The van der Waals surface area contributed by atoms with Crippen LogP contribution in [0.15, 0.2) is 47.2 Å². The van der Waals surface area contributed by atoms with Crippen molar-refractivity contribution in [3.63, 3.8) is 0 Å². The molecular formula is C16H16N2O5. The van der Waals surface area contributed by atoms with Gasteiger partial charge in [-0.25, -0.2) is 0 Å². The van der Waals surface area contributed by atoms with Crippen LogP contribution in [-0.2, 0) is 9.53 Å². The Morgan fingerprint density at radius 3 is 2.87 bits per heavy atom. The smallest absolute Gasteiger partial charge is 0.316 e. The number of nitro groups is 1. The number of carbonyl (C=O) groups is 1. The van der Waals surface area contributed by atoms with E-state index < -0.39 is 10.8 Å². The van der Waals surface area contributed by atoms with Crippen molar-refractivity contribution in [2.45, 2.75) is 25.2 Å². The summed E-state index contributed by atoms with van der Waals surface area (Å²) in [6.07, 6.45) is 1.57. The number of nitrogens with zero attached hydrogens (tertiary/aromatic N) is 1. The molecule has 1 aromatic rings. The van der Waals surface area contributed by atoms with Gasteiger partial charge in [0.05, 0.1) is 12.0 Å². The highest BCUT2D eigenvalue weighted by Crippen LogP contribution is 2.44. The van der Waals surface area contributed by atoms with Crippen molar-refractivity contribution >= 4 is 5.78 Å². The Kier molecular flexibility index (Phi) is 3.77. The Labute approximate surface area is 132 Å². The van der Waals surface area contributed by atoms with Crippen molar-refractivity contribution in [1.29, 1.82) is 0 Å². The second kappa shape index (κ2) is 5.75. The molecule has 0 bridgehead atoms. The minimum atomic E-state index is -0.701. The maximum absolute atomic E-state index is 12.1. The van der Waals surface area contributed by atoms with E-state index in [1.54, 1.807) is 24.3 Å². The molecule has 2 N–H and O–H groups in total. The molecule has 120 valence electrons. The largest absolute Gasteiger partial charge is 0.497 e. The highest BCUT2D eigenvalue weighted by molar-refractivity contribution is 5.95. The summed E-state index contributed by atoms with van der Waals surface area (Å²) in [5.41, 5.74) is 6.79. The van der Waals surface area contributed by atoms with Crippen LogP contribution < -0.4 is 10.5 Å². The van der Waals surface area contributed by atoms with Gasteiger partial charge < -0.3 is 15.2 Å². The second-order valence-electron chi connectivity index (χ2n) is 5.45. The fraction of sp³-hybridized carbons (Fsp3) is 0.312. The Bertz CT molecular complexity index is 751. The van der Waals surface area contributed by atoms with E-state index in [4.69, 9.17) is 15.2 Å². The van der Waals surface area contributed by atoms with Gasteiger partial charge in [0.25, 0.3) is 5.88 Å². The van der Waals surface area contributed by atoms with Crippen LogP contribution in [-0.4, -0.2) is 17.8 Å². The summed E-state index contributed by atoms with van der Waals surface area (Å²) in [5, 5.41) is 11.5. The van der Waals surface area contributed by atoms with Gasteiger partial charge in [0, 0.05) is 6.42 Å². The molecule has 0 radical (unpaired) electrons. The Balaban J connectivity index is 2.18. The average Bonchev–Trinajstić information content (AvgIpc) is 2.54. The van der Waals surface area contributed by atoms with Gasteiger partial charge in [-0.05, 0) is 36.1 Å². The molecule has 23 heavy (non-hydrogen) atoms. The topological polar surface area (TPSA) is 105 Å². The fourth-order valence-corrected chi connectivity index (χ4v) is 3.09. The van der Waals surface area contributed by atoms with E-state index in [9.17, 15) is 14.9 Å². The first kappa shape index (κ1) is 15.1. The van der Waals surface area contributed by atoms with Gasteiger partial charge in [-0.1, -0.05) is 12.1 Å². The zero-order chi connectivity index (χ0) is 16.6. The molecule has 0 amide bonds. The van der Waals surface area contributed by atoms with Gasteiger partial charge in [-0.2, -0.15) is 0 Å². The van der Waals surface area contributed by atoms with Crippen molar-refractivity contribution in [2.24, 2.45) is 5.73 Å². The lowest BCUT2D eigenvalue weighted by Crippen LogP contribution is -2.29. The Morgan fingerprint density at radius 1 is 1.39 bits per heavy atom. The molecular weight excluding hydrogens is 300 g/mol. The molecule has 0 spiro atoms. The van der Waals surface area contributed by atoms with Crippen LogP contribution in [0.2, 0.25) is 0 Å². The summed E-state index contributed by atoms with van der Waals surface area (Å²) in [6.45, 7) is 0. The molecule has 0 fully saturated rings. The van der Waals surface area contributed by atoms with Gasteiger partial charge in [0.2, 0.25) is 0 Å². The first-order valence-electron chi connectivity index (χ1n) is 7.25. The molecule has 3 rings (SSSR count). The number of ether oxygens (including phenoxy) is 2. The van der Waals surface area contributed by atoms with Crippen LogP contribution in [0.4, 0.5) is 0 Å². The molecule has 0 unspecified atom stereocenters. The number of carbonyl (C=O) groups excluding carboxylic acids is 1. The van der Waals surface area contributed by atoms with Crippen molar-refractivity contribution in [3.8, 4) is 5.75 Å². The van der Waals surface area contributed by atoms with E-state index in [0.29, 0.717) is 36.1 Å². The third-order valence-electron chi connectivity index (χ3n) is 4.11. The summed E-state index contributed by atoms with van der Waals surface area (Å²) in [6, 6.07) is 6.99. The zero-order valence-corrected chi connectivity index (χ0v) is 12.6. The maximum atomic E-state index is 12.1. The third-order valence-corrected chi connectivity index (χ3v) is 4.11. The van der Waals surface area contributed by atoms with E-state index in [1.165, 1.54) is 7.11 Å². The van der Waals surface area contributed by atoms with Gasteiger partial charge in [-0.3, -0.25) is 14.9 Å². The normalized spacial score (nSPS) is 20.9. The predicted molar refractivity (Wildman–Crippen MR) is 80.9 cm³/mol. The molecule has 0 saturated carbocycles. The molecule has 1 atom stereocenters. The molecule has 0 saturated heterocycles. The van der Waals surface area contributed by atoms with Gasteiger partial charge in [0.15, 0.2) is 11.5 Å². The number of hydrogen-bond donors (Lipinski definition) is 1. The quantitative estimate of drug-likeness (QED) is 0.677. The van der Waals surface area contributed by atoms with Crippen molar-refractivity contribution in [1.82, 2.24) is 0 Å². The molecule has 7 nitrogen and oxygen atoms in total. The number of allylic oxidation sites excluding steroid dienone is 2. The van der Waals surface area contributed by atoms with Gasteiger partial charge in [0.1, 0.15) is 11.7 Å². The summed E-state index contributed by atoms with van der Waals surface area (Å²) in [7, 11) is 1.52.